The van der Waals surface area contributed by atoms with Gasteiger partial charge in [-0.1, -0.05) is 19.7 Å². The molecular weight excluding hydrogens is 131 g/mol. The van der Waals surface area contributed by atoms with Gasteiger partial charge in [0.15, 0.2) is 0 Å². The highest BCUT2D eigenvalue weighted by atomic mass is 31.0. The molecule has 0 rings (SSSR count). The van der Waals surface area contributed by atoms with E-state index in [2.05, 4.69) is 39.5 Å². The Morgan fingerprint density at radius 1 is 1.33 bits per heavy atom. The first-order chi connectivity index (χ1) is 4.22. The van der Waals surface area contributed by atoms with Crippen molar-refractivity contribution in [1.29, 1.82) is 0 Å². The summed E-state index contributed by atoms with van der Waals surface area (Å²) in [4.78, 5) is 0. The Morgan fingerprint density at radius 3 is 2.22 bits per heavy atom. The van der Waals surface area contributed by atoms with Gasteiger partial charge >= 0.3 is 0 Å². The van der Waals surface area contributed by atoms with Crippen molar-refractivity contribution in [3.8, 4) is 0 Å². The first kappa shape index (κ1) is 8.25. The molecule has 2 N–H and O–H groups in total. The average Bonchev–Trinajstić information content (AvgIpc) is 1.87. The number of rotatable bonds is 4. The molecule has 0 fully saturated rings. The number of nitrogens with one attached hydrogen (secondary N) is 2. The van der Waals surface area contributed by atoms with E-state index in [9.17, 15) is 0 Å². The zero-order valence-electron chi connectivity index (χ0n) is 5.28. The molecule has 0 aliphatic heterocycles. The Balaban J connectivity index is 3.73. The maximum atomic E-state index is 3.66. The lowest BCUT2D eigenvalue weighted by Crippen LogP contribution is -2.10. The van der Waals surface area contributed by atoms with Gasteiger partial charge < -0.3 is 10.4 Å². The SMILES string of the molecule is C=CNC(=C)C(=C)NP. The van der Waals surface area contributed by atoms with Crippen LogP contribution in [-0.2, 0) is 0 Å². The van der Waals surface area contributed by atoms with E-state index in [1.165, 1.54) is 0 Å². The molecule has 2 nitrogen and oxygen atoms in total. The molecule has 1 unspecified atom stereocenters. The molecule has 0 saturated carbocycles. The van der Waals surface area contributed by atoms with Gasteiger partial charge in [-0.3, -0.25) is 0 Å². The third-order valence-corrected chi connectivity index (χ3v) is 1.16. The number of hydrogen-bond acceptors (Lipinski definition) is 2. The van der Waals surface area contributed by atoms with Crippen LogP contribution in [0.1, 0.15) is 0 Å². The minimum atomic E-state index is 0.722. The summed E-state index contributed by atoms with van der Waals surface area (Å²) in [7, 11) is 2.33. The molecule has 1 atom stereocenters. The topological polar surface area (TPSA) is 24.1 Å². The smallest absolute Gasteiger partial charge is 0.0538 e. The van der Waals surface area contributed by atoms with Crippen molar-refractivity contribution >= 4 is 9.39 Å². The van der Waals surface area contributed by atoms with Crippen LogP contribution in [0.4, 0.5) is 0 Å². The number of hydrogen-bond donors (Lipinski definition) is 2. The second-order valence-electron chi connectivity index (χ2n) is 1.45. The molecule has 0 heterocycles. The van der Waals surface area contributed by atoms with Gasteiger partial charge in [0, 0.05) is 0 Å². The Hall–Kier alpha value is -0.750. The largest absolute Gasteiger partial charge is 0.368 e. The molecule has 3 heteroatoms. The Labute approximate surface area is 58.0 Å². The molecule has 0 amide bonds. The lowest BCUT2D eigenvalue weighted by molar-refractivity contribution is 1.04. The zero-order chi connectivity index (χ0) is 7.28. The van der Waals surface area contributed by atoms with Crippen LogP contribution < -0.4 is 10.4 Å². The maximum Gasteiger partial charge on any atom is 0.0538 e. The lowest BCUT2D eigenvalue weighted by Gasteiger charge is -2.06. The molecule has 50 valence electrons. The minimum Gasteiger partial charge on any atom is -0.368 e. The van der Waals surface area contributed by atoms with Crippen LogP contribution >= 0.6 is 9.39 Å². The quantitative estimate of drug-likeness (QED) is 0.454. The van der Waals surface area contributed by atoms with E-state index in [1.807, 2.05) is 0 Å². The summed E-state index contributed by atoms with van der Waals surface area (Å²) in [5.74, 6) is 0. The van der Waals surface area contributed by atoms with Gasteiger partial charge in [-0.15, -0.1) is 0 Å². The van der Waals surface area contributed by atoms with E-state index in [1.54, 1.807) is 6.20 Å². The highest BCUT2D eigenvalue weighted by Crippen LogP contribution is 1.97. The van der Waals surface area contributed by atoms with Gasteiger partial charge in [0.1, 0.15) is 0 Å². The molecule has 0 spiro atoms. The molecule has 0 saturated heterocycles. The fourth-order valence-electron chi connectivity index (χ4n) is 0.297. The third-order valence-electron chi connectivity index (χ3n) is 0.815. The second-order valence-corrected chi connectivity index (χ2v) is 1.74. The summed E-state index contributed by atoms with van der Waals surface area (Å²) in [6, 6.07) is 0. The Morgan fingerprint density at radius 2 is 1.89 bits per heavy atom. The van der Waals surface area contributed by atoms with Crippen molar-refractivity contribution in [3.63, 3.8) is 0 Å². The Bertz CT molecular complexity index is 140. The zero-order valence-corrected chi connectivity index (χ0v) is 6.43. The van der Waals surface area contributed by atoms with Gasteiger partial charge in [0.2, 0.25) is 0 Å². The van der Waals surface area contributed by atoms with Gasteiger partial charge in [0.25, 0.3) is 0 Å². The highest BCUT2D eigenvalue weighted by molar-refractivity contribution is 7.14. The van der Waals surface area contributed by atoms with Crippen molar-refractivity contribution in [2.45, 2.75) is 0 Å². The normalized spacial score (nSPS) is 7.67. The van der Waals surface area contributed by atoms with Crippen LogP contribution in [0, 0.1) is 0 Å². The molecule has 0 aromatic heterocycles. The summed E-state index contributed by atoms with van der Waals surface area (Å²) in [6.07, 6.45) is 1.55. The second kappa shape index (κ2) is 4.16. The summed E-state index contributed by atoms with van der Waals surface area (Å²) in [5, 5.41) is 5.55. The summed E-state index contributed by atoms with van der Waals surface area (Å²) < 4.78 is 0. The van der Waals surface area contributed by atoms with Crippen LogP contribution in [0.3, 0.4) is 0 Å². The van der Waals surface area contributed by atoms with Crippen LogP contribution in [-0.4, -0.2) is 0 Å². The lowest BCUT2D eigenvalue weighted by atomic mass is 10.4. The molecule has 0 aromatic carbocycles. The standard InChI is InChI=1S/C6H11N2P/c1-4-7-5(2)6(3)8-9/h4,7-8H,1-3,9H2. The molecule has 0 bridgehead atoms. The van der Waals surface area contributed by atoms with E-state index in [0.29, 0.717) is 0 Å². The van der Waals surface area contributed by atoms with Gasteiger partial charge in [0.05, 0.1) is 11.4 Å². The monoisotopic (exact) mass is 142 g/mol. The molecule has 9 heavy (non-hydrogen) atoms. The molecule has 0 radical (unpaired) electrons. The fraction of sp³-hybridized carbons (Fsp3) is 0. The van der Waals surface area contributed by atoms with Crippen LogP contribution in [0.25, 0.3) is 0 Å². The highest BCUT2D eigenvalue weighted by Gasteiger charge is 1.90. The molecule has 0 aliphatic carbocycles. The minimum absolute atomic E-state index is 0.722. The summed E-state index contributed by atoms with van der Waals surface area (Å²) >= 11 is 0. The third kappa shape index (κ3) is 2.94. The summed E-state index contributed by atoms with van der Waals surface area (Å²) in [6.45, 7) is 10.8. The maximum absolute atomic E-state index is 3.66. The molecular formula is C6H11N2P. The van der Waals surface area contributed by atoms with Crippen LogP contribution in [0.2, 0.25) is 0 Å². The van der Waals surface area contributed by atoms with Crippen molar-refractivity contribution in [2.24, 2.45) is 0 Å². The van der Waals surface area contributed by atoms with Crippen molar-refractivity contribution in [1.82, 2.24) is 10.4 Å². The molecule has 0 aromatic rings. The fourth-order valence-corrected chi connectivity index (χ4v) is 0.472. The Kier molecular flexibility index (Phi) is 3.81. The predicted octanol–water partition coefficient (Wildman–Crippen LogP) is 1.13. The van der Waals surface area contributed by atoms with E-state index in [0.717, 1.165) is 11.4 Å². The predicted molar refractivity (Wildman–Crippen MR) is 44.5 cm³/mol. The average molecular weight is 142 g/mol. The van der Waals surface area contributed by atoms with Gasteiger partial charge in [-0.2, -0.15) is 0 Å². The first-order valence-electron chi connectivity index (χ1n) is 2.44. The van der Waals surface area contributed by atoms with E-state index < -0.39 is 0 Å². The van der Waals surface area contributed by atoms with Crippen molar-refractivity contribution in [3.05, 3.63) is 37.3 Å². The van der Waals surface area contributed by atoms with E-state index in [-0.39, 0.29) is 0 Å². The van der Waals surface area contributed by atoms with Crippen molar-refractivity contribution in [2.75, 3.05) is 0 Å². The van der Waals surface area contributed by atoms with E-state index >= 15 is 0 Å². The van der Waals surface area contributed by atoms with Gasteiger partial charge in [-0.05, 0) is 15.6 Å². The van der Waals surface area contributed by atoms with Crippen LogP contribution in [0.15, 0.2) is 37.3 Å². The summed E-state index contributed by atoms with van der Waals surface area (Å²) in [5.41, 5.74) is 1.46. The van der Waals surface area contributed by atoms with Crippen LogP contribution in [0.5, 0.6) is 0 Å². The molecule has 0 aliphatic rings. The first-order valence-corrected chi connectivity index (χ1v) is 3.02. The van der Waals surface area contributed by atoms with Gasteiger partial charge in [-0.25, -0.2) is 0 Å². The van der Waals surface area contributed by atoms with E-state index in [4.69, 9.17) is 0 Å². The van der Waals surface area contributed by atoms with Crippen molar-refractivity contribution < 1.29 is 0 Å².